The van der Waals surface area contributed by atoms with E-state index in [1.165, 1.54) is 0 Å². The Hall–Kier alpha value is -1.71. The largest absolute Gasteiger partial charge is 0.399 e. The highest BCUT2D eigenvalue weighted by Gasteiger charge is 2.13. The Morgan fingerprint density at radius 1 is 1.43 bits per heavy atom. The van der Waals surface area contributed by atoms with Gasteiger partial charge >= 0.3 is 0 Å². The minimum atomic E-state index is 0.792. The van der Waals surface area contributed by atoms with Crippen molar-refractivity contribution in [1.29, 1.82) is 0 Å². The van der Waals surface area contributed by atoms with Gasteiger partial charge in [-0.2, -0.15) is 5.10 Å². The maximum absolute atomic E-state index is 5.75. The highest BCUT2D eigenvalue weighted by molar-refractivity contribution is 5.92. The van der Waals surface area contributed by atoms with Crippen LogP contribution in [0.3, 0.4) is 0 Å². The fourth-order valence-corrected chi connectivity index (χ4v) is 1.93. The van der Waals surface area contributed by atoms with Crippen molar-refractivity contribution in [2.75, 3.05) is 17.6 Å². The zero-order chi connectivity index (χ0) is 9.54. The van der Waals surface area contributed by atoms with Crippen molar-refractivity contribution in [1.82, 2.24) is 9.78 Å². The van der Waals surface area contributed by atoms with Gasteiger partial charge < -0.3 is 11.1 Å². The molecule has 0 aliphatic carbocycles. The average molecular weight is 188 g/mol. The van der Waals surface area contributed by atoms with Crippen molar-refractivity contribution in [3.63, 3.8) is 0 Å². The zero-order valence-electron chi connectivity index (χ0n) is 7.83. The Balaban J connectivity index is 2.32. The molecule has 3 N–H and O–H groups in total. The maximum atomic E-state index is 5.75. The highest BCUT2D eigenvalue weighted by Crippen LogP contribution is 2.27. The SMILES string of the molecule is Nc1ccc2nn3c(c2c1)NCCC3. The molecule has 1 aromatic heterocycles. The number of aryl methyl sites for hydroxylation is 1. The summed E-state index contributed by atoms with van der Waals surface area (Å²) >= 11 is 0. The molecule has 1 aliphatic heterocycles. The molecule has 2 aromatic rings. The molecule has 0 atom stereocenters. The molecule has 1 aromatic carbocycles. The van der Waals surface area contributed by atoms with E-state index in [0.717, 1.165) is 41.9 Å². The zero-order valence-corrected chi connectivity index (χ0v) is 7.83. The van der Waals surface area contributed by atoms with E-state index in [4.69, 9.17) is 5.73 Å². The van der Waals surface area contributed by atoms with Crippen LogP contribution in [0, 0.1) is 0 Å². The lowest BCUT2D eigenvalue weighted by atomic mass is 10.2. The molecule has 0 unspecified atom stereocenters. The molecule has 0 spiro atoms. The van der Waals surface area contributed by atoms with E-state index in [0.29, 0.717) is 0 Å². The number of anilines is 2. The van der Waals surface area contributed by atoms with Crippen molar-refractivity contribution in [3.05, 3.63) is 18.2 Å². The Morgan fingerprint density at radius 2 is 2.36 bits per heavy atom. The molecule has 0 saturated heterocycles. The second kappa shape index (κ2) is 2.64. The smallest absolute Gasteiger partial charge is 0.132 e. The van der Waals surface area contributed by atoms with Crippen LogP contribution < -0.4 is 11.1 Å². The summed E-state index contributed by atoms with van der Waals surface area (Å²) in [5.41, 5.74) is 7.56. The summed E-state index contributed by atoms with van der Waals surface area (Å²) in [6, 6.07) is 5.84. The second-order valence-electron chi connectivity index (χ2n) is 3.63. The van der Waals surface area contributed by atoms with Crippen LogP contribution in [0.1, 0.15) is 6.42 Å². The van der Waals surface area contributed by atoms with Crippen LogP contribution in [0.25, 0.3) is 10.9 Å². The summed E-state index contributed by atoms with van der Waals surface area (Å²) in [6.45, 7) is 2.02. The number of benzene rings is 1. The normalized spacial score (nSPS) is 15.1. The minimum absolute atomic E-state index is 0.792. The molecule has 0 fully saturated rings. The van der Waals surface area contributed by atoms with Gasteiger partial charge in [0.15, 0.2) is 0 Å². The van der Waals surface area contributed by atoms with Crippen LogP contribution in [0.15, 0.2) is 18.2 Å². The first-order valence-corrected chi connectivity index (χ1v) is 4.84. The lowest BCUT2D eigenvalue weighted by Crippen LogP contribution is -2.17. The van der Waals surface area contributed by atoms with Gasteiger partial charge in [0.1, 0.15) is 5.82 Å². The molecule has 14 heavy (non-hydrogen) atoms. The van der Waals surface area contributed by atoms with Gasteiger partial charge in [0, 0.05) is 24.2 Å². The van der Waals surface area contributed by atoms with Crippen molar-refractivity contribution >= 4 is 22.4 Å². The average Bonchev–Trinajstić information content (AvgIpc) is 2.56. The summed E-state index contributed by atoms with van der Waals surface area (Å²) in [7, 11) is 0. The number of rotatable bonds is 0. The summed E-state index contributed by atoms with van der Waals surface area (Å²) in [6.07, 6.45) is 1.14. The lowest BCUT2D eigenvalue weighted by Gasteiger charge is -2.15. The number of nitrogens with zero attached hydrogens (tertiary/aromatic N) is 2. The van der Waals surface area contributed by atoms with E-state index in [1.54, 1.807) is 0 Å². The summed E-state index contributed by atoms with van der Waals surface area (Å²) in [4.78, 5) is 0. The van der Waals surface area contributed by atoms with Crippen LogP contribution in [0.2, 0.25) is 0 Å². The van der Waals surface area contributed by atoms with Gasteiger partial charge in [-0.25, -0.2) is 4.68 Å². The maximum Gasteiger partial charge on any atom is 0.132 e. The number of nitrogen functional groups attached to an aromatic ring is 1. The minimum Gasteiger partial charge on any atom is -0.399 e. The van der Waals surface area contributed by atoms with Gasteiger partial charge in [-0.15, -0.1) is 0 Å². The molecule has 0 saturated carbocycles. The number of fused-ring (bicyclic) bond motifs is 3. The molecule has 1 aliphatic rings. The van der Waals surface area contributed by atoms with Crippen molar-refractivity contribution in [2.45, 2.75) is 13.0 Å². The first-order chi connectivity index (χ1) is 6.84. The van der Waals surface area contributed by atoms with E-state index < -0.39 is 0 Å². The lowest BCUT2D eigenvalue weighted by molar-refractivity contribution is 0.573. The van der Waals surface area contributed by atoms with Crippen molar-refractivity contribution in [3.8, 4) is 0 Å². The Morgan fingerprint density at radius 3 is 3.29 bits per heavy atom. The van der Waals surface area contributed by atoms with E-state index in [2.05, 4.69) is 10.4 Å². The Kier molecular flexibility index (Phi) is 1.45. The number of hydrogen-bond acceptors (Lipinski definition) is 3. The van der Waals surface area contributed by atoms with Gasteiger partial charge in [-0.05, 0) is 24.6 Å². The topological polar surface area (TPSA) is 55.9 Å². The molecular formula is C10H12N4. The molecular weight excluding hydrogens is 176 g/mol. The van der Waals surface area contributed by atoms with Crippen LogP contribution in [-0.4, -0.2) is 16.3 Å². The third-order valence-corrected chi connectivity index (χ3v) is 2.60. The number of nitrogens with two attached hydrogens (primary N) is 1. The summed E-state index contributed by atoms with van der Waals surface area (Å²) in [5, 5.41) is 8.98. The van der Waals surface area contributed by atoms with Gasteiger partial charge in [0.25, 0.3) is 0 Å². The third kappa shape index (κ3) is 0.968. The molecule has 4 heteroatoms. The van der Waals surface area contributed by atoms with Crippen LogP contribution >= 0.6 is 0 Å². The van der Waals surface area contributed by atoms with E-state index in [1.807, 2.05) is 22.9 Å². The van der Waals surface area contributed by atoms with Gasteiger partial charge in [-0.1, -0.05) is 0 Å². The summed E-state index contributed by atoms with van der Waals surface area (Å²) < 4.78 is 2.02. The molecule has 72 valence electrons. The third-order valence-electron chi connectivity index (χ3n) is 2.60. The monoisotopic (exact) mass is 188 g/mol. The predicted molar refractivity (Wildman–Crippen MR) is 57.3 cm³/mol. The van der Waals surface area contributed by atoms with Gasteiger partial charge in [-0.3, -0.25) is 0 Å². The quantitative estimate of drug-likeness (QED) is 0.615. The Bertz CT molecular complexity index is 486. The first-order valence-electron chi connectivity index (χ1n) is 4.84. The highest BCUT2D eigenvalue weighted by atomic mass is 15.3. The predicted octanol–water partition coefficient (Wildman–Crippen LogP) is 1.43. The van der Waals surface area contributed by atoms with E-state index in [9.17, 15) is 0 Å². The van der Waals surface area contributed by atoms with E-state index in [-0.39, 0.29) is 0 Å². The fourth-order valence-electron chi connectivity index (χ4n) is 1.93. The van der Waals surface area contributed by atoms with Gasteiger partial charge in [0.05, 0.1) is 5.52 Å². The summed E-state index contributed by atoms with van der Waals surface area (Å²) in [5.74, 6) is 1.11. The number of hydrogen-bond donors (Lipinski definition) is 2. The van der Waals surface area contributed by atoms with Crippen LogP contribution in [-0.2, 0) is 6.54 Å². The first kappa shape index (κ1) is 7.67. The molecule has 3 rings (SSSR count). The van der Waals surface area contributed by atoms with E-state index >= 15 is 0 Å². The fraction of sp³-hybridized carbons (Fsp3) is 0.300. The molecule has 2 heterocycles. The van der Waals surface area contributed by atoms with Gasteiger partial charge in [0.2, 0.25) is 0 Å². The van der Waals surface area contributed by atoms with Crippen molar-refractivity contribution < 1.29 is 0 Å². The van der Waals surface area contributed by atoms with Crippen LogP contribution in [0.4, 0.5) is 11.5 Å². The molecule has 4 nitrogen and oxygen atoms in total. The number of aromatic nitrogens is 2. The van der Waals surface area contributed by atoms with Crippen LogP contribution in [0.5, 0.6) is 0 Å². The number of nitrogens with one attached hydrogen (secondary N) is 1. The second-order valence-corrected chi connectivity index (χ2v) is 3.63. The Labute approximate surface area is 81.7 Å². The standard InChI is InChI=1S/C10H12N4/c11-7-2-3-9-8(6-7)10-12-4-1-5-14(10)13-9/h2-3,6,12H,1,4-5,11H2. The molecule has 0 amide bonds. The van der Waals surface area contributed by atoms with Crippen molar-refractivity contribution in [2.24, 2.45) is 0 Å². The molecule has 0 bridgehead atoms. The molecule has 0 radical (unpaired) electrons.